The molecule has 1 aromatic carbocycles. The molecule has 0 aromatic heterocycles. The maximum absolute atomic E-state index is 12.5. The molecule has 0 aliphatic heterocycles. The van der Waals surface area contributed by atoms with Crippen LogP contribution in [0.4, 0.5) is 13.2 Å². The summed E-state index contributed by atoms with van der Waals surface area (Å²) in [7, 11) is 0. The SMILES string of the molecule is NCc1cc(CC(=O)O)ccc1C(F)(F)F. The second-order valence-corrected chi connectivity index (χ2v) is 3.26. The smallest absolute Gasteiger partial charge is 0.416 e. The topological polar surface area (TPSA) is 63.3 Å². The van der Waals surface area contributed by atoms with Crippen LogP contribution in [0.1, 0.15) is 16.7 Å². The molecule has 1 rings (SSSR count). The van der Waals surface area contributed by atoms with Crippen molar-refractivity contribution in [2.75, 3.05) is 0 Å². The number of alkyl halides is 3. The maximum Gasteiger partial charge on any atom is 0.416 e. The molecular weight excluding hydrogens is 223 g/mol. The Hall–Kier alpha value is -1.56. The number of hydrogen-bond donors (Lipinski definition) is 2. The van der Waals surface area contributed by atoms with E-state index in [4.69, 9.17) is 10.8 Å². The third-order valence-corrected chi connectivity index (χ3v) is 2.05. The van der Waals surface area contributed by atoms with Crippen molar-refractivity contribution in [1.82, 2.24) is 0 Å². The molecule has 0 bridgehead atoms. The van der Waals surface area contributed by atoms with Crippen molar-refractivity contribution in [2.24, 2.45) is 5.73 Å². The molecule has 0 spiro atoms. The first kappa shape index (κ1) is 12.5. The maximum atomic E-state index is 12.5. The lowest BCUT2D eigenvalue weighted by atomic mass is 10.0. The molecule has 88 valence electrons. The minimum atomic E-state index is -4.46. The van der Waals surface area contributed by atoms with Gasteiger partial charge in [-0.3, -0.25) is 4.79 Å². The Morgan fingerprint density at radius 3 is 2.44 bits per heavy atom. The quantitative estimate of drug-likeness (QED) is 0.836. The fourth-order valence-electron chi connectivity index (χ4n) is 1.38. The number of carboxylic acids is 1. The molecule has 0 saturated carbocycles. The van der Waals surface area contributed by atoms with Crippen molar-refractivity contribution < 1.29 is 23.1 Å². The monoisotopic (exact) mass is 233 g/mol. The van der Waals surface area contributed by atoms with Crippen molar-refractivity contribution >= 4 is 5.97 Å². The Labute approximate surface area is 89.7 Å². The average molecular weight is 233 g/mol. The Morgan fingerprint density at radius 1 is 1.38 bits per heavy atom. The summed E-state index contributed by atoms with van der Waals surface area (Å²) in [5.74, 6) is -1.09. The first-order valence-electron chi connectivity index (χ1n) is 4.45. The lowest BCUT2D eigenvalue weighted by molar-refractivity contribution is -0.138. The number of carboxylic acid groups (broad SMARTS) is 1. The van der Waals surface area contributed by atoms with E-state index in [2.05, 4.69) is 0 Å². The van der Waals surface area contributed by atoms with E-state index in [1.54, 1.807) is 0 Å². The highest BCUT2D eigenvalue weighted by Crippen LogP contribution is 2.32. The standard InChI is InChI=1S/C10H10F3NO2/c11-10(12,13)8-2-1-6(4-9(15)16)3-7(8)5-14/h1-3H,4-5,14H2,(H,15,16). The molecule has 16 heavy (non-hydrogen) atoms. The Kier molecular flexibility index (Phi) is 3.54. The molecule has 0 heterocycles. The van der Waals surface area contributed by atoms with E-state index in [9.17, 15) is 18.0 Å². The number of rotatable bonds is 3. The van der Waals surface area contributed by atoms with Crippen LogP contribution in [0.3, 0.4) is 0 Å². The Bertz CT molecular complexity index is 402. The number of halogens is 3. The van der Waals surface area contributed by atoms with Gasteiger partial charge >= 0.3 is 12.1 Å². The fraction of sp³-hybridized carbons (Fsp3) is 0.300. The predicted octanol–water partition coefficient (Wildman–Crippen LogP) is 1.79. The molecule has 6 heteroatoms. The normalized spacial score (nSPS) is 11.5. The fourth-order valence-corrected chi connectivity index (χ4v) is 1.38. The third-order valence-electron chi connectivity index (χ3n) is 2.05. The van der Waals surface area contributed by atoms with Crippen LogP contribution in [0.25, 0.3) is 0 Å². The van der Waals surface area contributed by atoms with Gasteiger partial charge in [-0.15, -0.1) is 0 Å². The summed E-state index contributed by atoms with van der Waals surface area (Å²) in [5.41, 5.74) is 4.60. The van der Waals surface area contributed by atoms with Crippen LogP contribution < -0.4 is 5.73 Å². The number of aliphatic carboxylic acids is 1. The third kappa shape index (κ3) is 2.96. The van der Waals surface area contributed by atoms with Crippen molar-refractivity contribution in [3.63, 3.8) is 0 Å². The molecule has 0 amide bonds. The minimum absolute atomic E-state index is 0.0914. The van der Waals surface area contributed by atoms with E-state index in [1.807, 2.05) is 0 Å². The molecule has 3 N–H and O–H groups in total. The van der Waals surface area contributed by atoms with Gasteiger partial charge in [0.25, 0.3) is 0 Å². The van der Waals surface area contributed by atoms with Crippen LogP contribution in [0, 0.1) is 0 Å². The van der Waals surface area contributed by atoms with Crippen molar-refractivity contribution in [1.29, 1.82) is 0 Å². The Balaban J connectivity index is 3.12. The second kappa shape index (κ2) is 4.52. The molecule has 0 saturated heterocycles. The highest BCUT2D eigenvalue weighted by molar-refractivity contribution is 5.70. The molecule has 1 aromatic rings. The summed E-state index contributed by atoms with van der Waals surface area (Å²) < 4.78 is 37.4. The molecule has 0 radical (unpaired) electrons. The van der Waals surface area contributed by atoms with E-state index in [1.165, 1.54) is 6.07 Å². The van der Waals surface area contributed by atoms with Gasteiger partial charge in [-0.1, -0.05) is 12.1 Å². The van der Waals surface area contributed by atoms with E-state index < -0.39 is 17.7 Å². The van der Waals surface area contributed by atoms with Gasteiger partial charge in [0.2, 0.25) is 0 Å². The average Bonchev–Trinajstić information content (AvgIpc) is 2.14. The van der Waals surface area contributed by atoms with Gasteiger partial charge in [0.15, 0.2) is 0 Å². The zero-order valence-electron chi connectivity index (χ0n) is 8.21. The van der Waals surface area contributed by atoms with E-state index in [0.717, 1.165) is 12.1 Å². The molecule has 3 nitrogen and oxygen atoms in total. The largest absolute Gasteiger partial charge is 0.481 e. The van der Waals surface area contributed by atoms with Gasteiger partial charge in [-0.2, -0.15) is 13.2 Å². The zero-order valence-corrected chi connectivity index (χ0v) is 8.21. The summed E-state index contributed by atoms with van der Waals surface area (Å²) in [5, 5.41) is 8.51. The van der Waals surface area contributed by atoms with E-state index >= 15 is 0 Å². The summed E-state index contributed by atoms with van der Waals surface area (Å²) in [6.07, 6.45) is -4.78. The number of hydrogen-bond acceptors (Lipinski definition) is 2. The molecule has 0 atom stereocenters. The lowest BCUT2D eigenvalue weighted by Crippen LogP contribution is -2.13. The van der Waals surface area contributed by atoms with Crippen LogP contribution in [0.2, 0.25) is 0 Å². The van der Waals surface area contributed by atoms with Gasteiger partial charge in [-0.25, -0.2) is 0 Å². The molecular formula is C10H10F3NO2. The van der Waals surface area contributed by atoms with Gasteiger partial charge in [0.05, 0.1) is 12.0 Å². The van der Waals surface area contributed by atoms with Gasteiger partial charge in [-0.05, 0) is 17.2 Å². The van der Waals surface area contributed by atoms with Crippen LogP contribution in [0.5, 0.6) is 0 Å². The van der Waals surface area contributed by atoms with Gasteiger partial charge < -0.3 is 10.8 Å². The van der Waals surface area contributed by atoms with Crippen molar-refractivity contribution in [3.05, 3.63) is 34.9 Å². The highest BCUT2D eigenvalue weighted by Gasteiger charge is 2.32. The van der Waals surface area contributed by atoms with Crippen LogP contribution in [-0.4, -0.2) is 11.1 Å². The van der Waals surface area contributed by atoms with Crippen LogP contribution in [0.15, 0.2) is 18.2 Å². The number of nitrogens with two attached hydrogens (primary N) is 1. The number of benzene rings is 1. The molecule has 0 fully saturated rings. The summed E-state index contributed by atoms with van der Waals surface area (Å²) in [4.78, 5) is 10.4. The Morgan fingerprint density at radius 2 is 2.00 bits per heavy atom. The first-order chi connectivity index (χ1) is 7.34. The molecule has 0 aliphatic rings. The summed E-state index contributed by atoms with van der Waals surface area (Å²) in [6, 6.07) is 3.19. The van der Waals surface area contributed by atoms with E-state index in [-0.39, 0.29) is 18.5 Å². The van der Waals surface area contributed by atoms with Crippen molar-refractivity contribution in [2.45, 2.75) is 19.1 Å². The second-order valence-electron chi connectivity index (χ2n) is 3.26. The summed E-state index contributed by atoms with van der Waals surface area (Å²) in [6.45, 7) is -0.275. The van der Waals surface area contributed by atoms with E-state index in [0.29, 0.717) is 5.56 Å². The van der Waals surface area contributed by atoms with Gasteiger partial charge in [0.1, 0.15) is 0 Å². The molecule has 0 unspecified atom stereocenters. The predicted molar refractivity (Wildman–Crippen MR) is 50.7 cm³/mol. The molecule has 0 aliphatic carbocycles. The minimum Gasteiger partial charge on any atom is -0.481 e. The van der Waals surface area contributed by atoms with Crippen LogP contribution in [-0.2, 0) is 23.9 Å². The summed E-state index contributed by atoms with van der Waals surface area (Å²) >= 11 is 0. The van der Waals surface area contributed by atoms with Crippen molar-refractivity contribution in [3.8, 4) is 0 Å². The highest BCUT2D eigenvalue weighted by atomic mass is 19.4. The van der Waals surface area contributed by atoms with Crippen LogP contribution >= 0.6 is 0 Å². The first-order valence-corrected chi connectivity index (χ1v) is 4.45. The number of carbonyl (C=O) groups is 1. The van der Waals surface area contributed by atoms with Gasteiger partial charge in [0, 0.05) is 6.54 Å². The zero-order chi connectivity index (χ0) is 12.3. The lowest BCUT2D eigenvalue weighted by Gasteiger charge is -2.12.